The van der Waals surface area contributed by atoms with Crippen LogP contribution in [0.4, 0.5) is 4.39 Å². The lowest BCUT2D eigenvalue weighted by atomic mass is 10.1. The van der Waals surface area contributed by atoms with Crippen molar-refractivity contribution >= 4 is 17.0 Å². The SMILES string of the molecule is CC(=Nn1c(-c2ccc(F)cc2)csc1=NC(C)C)c1ccccc1. The largest absolute Gasteiger partial charge is 0.255 e. The lowest BCUT2D eigenvalue weighted by Crippen LogP contribution is -2.16. The lowest BCUT2D eigenvalue weighted by Gasteiger charge is -2.07. The molecule has 5 heteroatoms. The highest BCUT2D eigenvalue weighted by Gasteiger charge is 2.09. The van der Waals surface area contributed by atoms with Crippen molar-refractivity contribution < 1.29 is 4.39 Å². The number of hydrogen-bond acceptors (Lipinski definition) is 3. The van der Waals surface area contributed by atoms with Crippen molar-refractivity contribution in [2.75, 3.05) is 0 Å². The predicted molar refractivity (Wildman–Crippen MR) is 102 cm³/mol. The van der Waals surface area contributed by atoms with E-state index < -0.39 is 0 Å². The van der Waals surface area contributed by atoms with Crippen LogP contribution < -0.4 is 4.80 Å². The van der Waals surface area contributed by atoms with Gasteiger partial charge in [-0.2, -0.15) is 5.10 Å². The van der Waals surface area contributed by atoms with Crippen LogP contribution in [-0.2, 0) is 0 Å². The minimum Gasteiger partial charge on any atom is -0.255 e. The molecule has 128 valence electrons. The van der Waals surface area contributed by atoms with Crippen LogP contribution in [0.25, 0.3) is 11.3 Å². The maximum atomic E-state index is 13.3. The number of aromatic nitrogens is 1. The first-order valence-corrected chi connectivity index (χ1v) is 9.04. The van der Waals surface area contributed by atoms with E-state index in [1.54, 1.807) is 12.1 Å². The molecule has 0 spiro atoms. The molecule has 0 saturated carbocycles. The highest BCUT2D eigenvalue weighted by molar-refractivity contribution is 7.07. The third-order valence-corrected chi connectivity index (χ3v) is 4.47. The Labute approximate surface area is 150 Å². The van der Waals surface area contributed by atoms with E-state index in [-0.39, 0.29) is 11.9 Å². The molecule has 3 nitrogen and oxygen atoms in total. The second-order valence-corrected chi connectivity index (χ2v) is 6.83. The minimum absolute atomic E-state index is 0.165. The zero-order valence-electron chi connectivity index (χ0n) is 14.5. The minimum atomic E-state index is -0.249. The average Bonchev–Trinajstić information content (AvgIpc) is 2.98. The summed E-state index contributed by atoms with van der Waals surface area (Å²) in [6.45, 7) is 6.05. The van der Waals surface area contributed by atoms with Gasteiger partial charge in [0.25, 0.3) is 0 Å². The maximum Gasteiger partial charge on any atom is 0.206 e. The number of rotatable bonds is 4. The lowest BCUT2D eigenvalue weighted by molar-refractivity contribution is 0.628. The number of halogens is 1. The van der Waals surface area contributed by atoms with E-state index in [1.165, 1.54) is 23.5 Å². The Morgan fingerprint density at radius 3 is 2.36 bits per heavy atom. The summed E-state index contributed by atoms with van der Waals surface area (Å²) in [5.41, 5.74) is 3.77. The van der Waals surface area contributed by atoms with E-state index >= 15 is 0 Å². The van der Waals surface area contributed by atoms with Gasteiger partial charge in [0.1, 0.15) is 5.82 Å². The highest BCUT2D eigenvalue weighted by atomic mass is 32.1. The molecule has 0 unspecified atom stereocenters. The first-order valence-electron chi connectivity index (χ1n) is 8.16. The van der Waals surface area contributed by atoms with Gasteiger partial charge in [0, 0.05) is 17.0 Å². The van der Waals surface area contributed by atoms with E-state index in [4.69, 9.17) is 5.10 Å². The smallest absolute Gasteiger partial charge is 0.206 e. The standard InChI is InChI=1S/C20H20FN3S/c1-14(2)22-20-24(23-15(3)16-7-5-4-6-8-16)19(13-25-20)17-9-11-18(21)12-10-17/h4-14H,1-3H3. The van der Waals surface area contributed by atoms with Gasteiger partial charge in [0.2, 0.25) is 4.80 Å². The molecule has 3 rings (SSSR count). The van der Waals surface area contributed by atoms with E-state index in [2.05, 4.69) is 4.99 Å². The fourth-order valence-corrected chi connectivity index (χ4v) is 3.38. The fraction of sp³-hybridized carbons (Fsp3) is 0.200. The number of benzene rings is 2. The van der Waals surface area contributed by atoms with E-state index in [0.717, 1.165) is 27.3 Å². The van der Waals surface area contributed by atoms with Crippen molar-refractivity contribution in [2.24, 2.45) is 10.1 Å². The monoisotopic (exact) mass is 353 g/mol. The van der Waals surface area contributed by atoms with Gasteiger partial charge >= 0.3 is 0 Å². The highest BCUT2D eigenvalue weighted by Crippen LogP contribution is 2.21. The van der Waals surface area contributed by atoms with Crippen LogP contribution in [0.3, 0.4) is 0 Å². The first kappa shape index (κ1) is 17.3. The van der Waals surface area contributed by atoms with Crippen molar-refractivity contribution in [3.63, 3.8) is 0 Å². The molecule has 0 aliphatic heterocycles. The van der Waals surface area contributed by atoms with E-state index in [9.17, 15) is 4.39 Å². The van der Waals surface area contributed by atoms with Gasteiger partial charge in [-0.25, -0.2) is 9.07 Å². The molecule has 0 atom stereocenters. The molecule has 25 heavy (non-hydrogen) atoms. The molecule has 1 heterocycles. The fourth-order valence-electron chi connectivity index (χ4n) is 2.41. The summed E-state index contributed by atoms with van der Waals surface area (Å²) < 4.78 is 15.1. The summed E-state index contributed by atoms with van der Waals surface area (Å²) in [5.74, 6) is -0.249. The van der Waals surface area contributed by atoms with Gasteiger partial charge in [-0.15, -0.1) is 11.3 Å². The zero-order chi connectivity index (χ0) is 17.8. The molecule has 1 aromatic heterocycles. The summed E-state index contributed by atoms with van der Waals surface area (Å²) in [5, 5.41) is 6.81. The van der Waals surface area contributed by atoms with Gasteiger partial charge in [-0.05, 0) is 50.6 Å². The average molecular weight is 353 g/mol. The van der Waals surface area contributed by atoms with Crippen LogP contribution in [-0.4, -0.2) is 16.4 Å². The van der Waals surface area contributed by atoms with Crippen molar-refractivity contribution in [1.82, 2.24) is 4.68 Å². The van der Waals surface area contributed by atoms with Crippen LogP contribution in [0.5, 0.6) is 0 Å². The van der Waals surface area contributed by atoms with Gasteiger partial charge in [-0.3, -0.25) is 4.99 Å². The van der Waals surface area contributed by atoms with Gasteiger partial charge in [0.05, 0.1) is 11.4 Å². The Kier molecular flexibility index (Phi) is 5.24. The second-order valence-electron chi connectivity index (χ2n) is 6.00. The summed E-state index contributed by atoms with van der Waals surface area (Å²) in [6.07, 6.45) is 0. The molecule has 3 aromatic rings. The quantitative estimate of drug-likeness (QED) is 0.595. The zero-order valence-corrected chi connectivity index (χ0v) is 15.3. The van der Waals surface area contributed by atoms with Crippen molar-refractivity contribution in [2.45, 2.75) is 26.8 Å². The molecule has 0 aliphatic carbocycles. The molecule has 0 aliphatic rings. The maximum absolute atomic E-state index is 13.3. The molecule has 0 amide bonds. The van der Waals surface area contributed by atoms with Gasteiger partial charge in [0.15, 0.2) is 0 Å². The van der Waals surface area contributed by atoms with Crippen molar-refractivity contribution in [3.05, 3.63) is 76.2 Å². The third-order valence-electron chi connectivity index (χ3n) is 3.64. The molecular weight excluding hydrogens is 333 g/mol. The van der Waals surface area contributed by atoms with Crippen LogP contribution in [0.15, 0.2) is 70.1 Å². The van der Waals surface area contributed by atoms with Crippen LogP contribution in [0, 0.1) is 5.82 Å². The van der Waals surface area contributed by atoms with Crippen molar-refractivity contribution in [3.8, 4) is 11.3 Å². The van der Waals surface area contributed by atoms with E-state index in [1.807, 2.05) is 61.2 Å². The Hall–Kier alpha value is -2.53. The number of nitrogens with zero attached hydrogens (tertiary/aromatic N) is 3. The normalized spacial score (nSPS) is 12.8. The van der Waals surface area contributed by atoms with Crippen molar-refractivity contribution in [1.29, 1.82) is 0 Å². The van der Waals surface area contributed by atoms with Crippen LogP contribution in [0.2, 0.25) is 0 Å². The predicted octanol–water partition coefficient (Wildman–Crippen LogP) is 4.94. The molecule has 0 fully saturated rings. The molecular formula is C20H20FN3S. The first-order chi connectivity index (χ1) is 12.0. The summed E-state index contributed by atoms with van der Waals surface area (Å²) in [6, 6.07) is 16.6. The summed E-state index contributed by atoms with van der Waals surface area (Å²) in [7, 11) is 0. The Bertz CT molecular complexity index is 935. The van der Waals surface area contributed by atoms with Gasteiger partial charge in [-0.1, -0.05) is 30.3 Å². The van der Waals surface area contributed by atoms with Crippen LogP contribution in [0.1, 0.15) is 26.3 Å². The van der Waals surface area contributed by atoms with Gasteiger partial charge < -0.3 is 0 Å². The molecule has 0 saturated heterocycles. The molecule has 2 aromatic carbocycles. The summed E-state index contributed by atoms with van der Waals surface area (Å²) >= 11 is 1.54. The van der Waals surface area contributed by atoms with E-state index in [0.29, 0.717) is 0 Å². The Morgan fingerprint density at radius 1 is 1.04 bits per heavy atom. The summed E-state index contributed by atoms with van der Waals surface area (Å²) in [4.78, 5) is 5.49. The third kappa shape index (κ3) is 4.12. The topological polar surface area (TPSA) is 29.6 Å². The Morgan fingerprint density at radius 2 is 1.72 bits per heavy atom. The number of hydrogen-bond donors (Lipinski definition) is 0. The van der Waals surface area contributed by atoms with Crippen LogP contribution >= 0.6 is 11.3 Å². The Balaban J connectivity index is 2.15. The second kappa shape index (κ2) is 7.57. The molecule has 0 bridgehead atoms. The molecule has 0 radical (unpaired) electrons. The molecule has 0 N–H and O–H groups in total. The number of thiazole rings is 1.